The number of carbonyl (C=O) groups excluding carboxylic acids is 2. The van der Waals surface area contributed by atoms with Gasteiger partial charge < -0.3 is 9.47 Å². The summed E-state index contributed by atoms with van der Waals surface area (Å²) < 4.78 is 8.37. The number of methoxy groups -OCH3 is 1. The molecule has 16 heavy (non-hydrogen) atoms. The van der Waals surface area contributed by atoms with Crippen LogP contribution >= 0.6 is 27.5 Å². The van der Waals surface area contributed by atoms with Gasteiger partial charge in [0.15, 0.2) is 5.60 Å². The molecule has 88 valence electrons. The minimum absolute atomic E-state index is 0.184. The van der Waals surface area contributed by atoms with Crippen LogP contribution in [0.2, 0.25) is 0 Å². The van der Waals surface area contributed by atoms with Gasteiger partial charge in [-0.05, 0) is 22.9 Å². The molecule has 0 radical (unpaired) electrons. The van der Waals surface area contributed by atoms with E-state index in [4.69, 9.17) is 16.3 Å². The topological polar surface area (TPSA) is 65.0 Å². The maximum absolute atomic E-state index is 11.7. The summed E-state index contributed by atoms with van der Waals surface area (Å²) in [6.45, 7) is 1.62. The highest BCUT2D eigenvalue weighted by Crippen LogP contribution is 2.49. The Morgan fingerprint density at radius 2 is 2.38 bits per heavy atom. The number of rotatable bonds is 1. The number of fused-ring (bicyclic) bond motifs is 2. The van der Waals surface area contributed by atoms with E-state index in [0.717, 1.165) is 0 Å². The van der Waals surface area contributed by atoms with Gasteiger partial charge in [0.25, 0.3) is 0 Å². The fraction of sp³-hybridized carbons (Fsp3) is 0.667. The first-order valence-electron chi connectivity index (χ1n) is 4.59. The summed E-state index contributed by atoms with van der Waals surface area (Å²) in [6, 6.07) is 0. The quantitative estimate of drug-likeness (QED) is 0.415. The maximum atomic E-state index is 11.7. The first kappa shape index (κ1) is 11.9. The SMILES string of the molecule is COC(=O)[C@H]1C[C@]2(C)OC(=O)[C@@]1(Br)N=C2Cl. The lowest BCUT2D eigenvalue weighted by molar-refractivity contribution is -0.176. The van der Waals surface area contributed by atoms with E-state index in [1.807, 2.05) is 0 Å². The van der Waals surface area contributed by atoms with Crippen LogP contribution in [0.15, 0.2) is 4.99 Å². The highest BCUT2D eigenvalue weighted by atomic mass is 79.9. The van der Waals surface area contributed by atoms with Gasteiger partial charge in [0.2, 0.25) is 4.45 Å². The molecule has 3 aliphatic heterocycles. The van der Waals surface area contributed by atoms with Crippen LogP contribution in [-0.2, 0) is 19.1 Å². The van der Waals surface area contributed by atoms with Gasteiger partial charge in [0.05, 0.1) is 7.11 Å². The summed E-state index contributed by atoms with van der Waals surface area (Å²) in [5, 5.41) is 0.184. The summed E-state index contributed by atoms with van der Waals surface area (Å²) in [5.74, 6) is -1.83. The lowest BCUT2D eigenvalue weighted by atomic mass is 9.81. The molecular formula is C9H9BrClNO4. The summed E-state index contributed by atoms with van der Waals surface area (Å²) in [6.07, 6.45) is 0.263. The standard InChI is InChI=1S/C9H9BrClNO4/c1-8-3-4(5(13)15-2)9(10,7(14)16-8)12-6(8)11/h4H,3H2,1-2H3/t4-,8+,9+/m1/s1. The summed E-state index contributed by atoms with van der Waals surface area (Å²) in [7, 11) is 1.26. The van der Waals surface area contributed by atoms with Crippen LogP contribution in [0.4, 0.5) is 0 Å². The van der Waals surface area contributed by atoms with E-state index in [2.05, 4.69) is 25.7 Å². The molecule has 1 fully saturated rings. The molecule has 0 unspecified atom stereocenters. The molecule has 5 nitrogen and oxygen atoms in total. The molecule has 3 rings (SSSR count). The third-order valence-electron chi connectivity index (χ3n) is 2.84. The second-order valence-electron chi connectivity index (χ2n) is 3.98. The third-order valence-corrected chi connectivity index (χ3v) is 4.38. The molecule has 0 aromatic carbocycles. The minimum Gasteiger partial charge on any atom is -0.469 e. The zero-order valence-electron chi connectivity index (χ0n) is 8.62. The highest BCUT2D eigenvalue weighted by molar-refractivity contribution is 9.10. The molecular weight excluding hydrogens is 301 g/mol. The molecule has 0 spiro atoms. The van der Waals surface area contributed by atoms with E-state index >= 15 is 0 Å². The smallest absolute Gasteiger partial charge is 0.347 e. The van der Waals surface area contributed by atoms with Gasteiger partial charge >= 0.3 is 11.9 Å². The van der Waals surface area contributed by atoms with Gasteiger partial charge in [-0.1, -0.05) is 11.6 Å². The number of aliphatic imine (C=N–C) groups is 1. The first-order chi connectivity index (χ1) is 7.33. The minimum atomic E-state index is -1.44. The Balaban J connectivity index is 2.49. The lowest BCUT2D eigenvalue weighted by Gasteiger charge is -2.46. The van der Waals surface area contributed by atoms with E-state index in [1.165, 1.54) is 7.11 Å². The van der Waals surface area contributed by atoms with Crippen LogP contribution < -0.4 is 0 Å². The Morgan fingerprint density at radius 3 is 2.94 bits per heavy atom. The fourth-order valence-electron chi connectivity index (χ4n) is 1.88. The predicted molar refractivity (Wildman–Crippen MR) is 59.6 cm³/mol. The number of carbonyl (C=O) groups is 2. The van der Waals surface area contributed by atoms with E-state index in [-0.39, 0.29) is 11.6 Å². The molecule has 0 aliphatic carbocycles. The molecule has 0 amide bonds. The van der Waals surface area contributed by atoms with Gasteiger partial charge in [0, 0.05) is 6.42 Å². The fourth-order valence-corrected chi connectivity index (χ4v) is 2.84. The molecule has 3 atom stereocenters. The van der Waals surface area contributed by atoms with Crippen molar-refractivity contribution in [2.75, 3.05) is 7.11 Å². The van der Waals surface area contributed by atoms with Crippen molar-refractivity contribution in [3.63, 3.8) is 0 Å². The molecule has 0 saturated carbocycles. The van der Waals surface area contributed by atoms with Crippen molar-refractivity contribution in [3.05, 3.63) is 0 Å². The molecule has 2 bridgehead atoms. The Bertz CT molecular complexity index is 412. The second kappa shape index (κ2) is 3.43. The number of hydrogen-bond donors (Lipinski definition) is 0. The Kier molecular flexibility index (Phi) is 2.54. The number of ether oxygens (including phenoxy) is 2. The van der Waals surface area contributed by atoms with Crippen molar-refractivity contribution in [2.24, 2.45) is 10.9 Å². The molecule has 0 aromatic heterocycles. The van der Waals surface area contributed by atoms with Crippen molar-refractivity contribution in [1.29, 1.82) is 0 Å². The summed E-state index contributed by atoms with van der Waals surface area (Å²) >= 11 is 9.04. The second-order valence-corrected chi connectivity index (χ2v) is 5.54. The monoisotopic (exact) mass is 309 g/mol. The van der Waals surface area contributed by atoms with E-state index < -0.39 is 27.9 Å². The first-order valence-corrected chi connectivity index (χ1v) is 5.76. The Labute approximate surface area is 105 Å². The van der Waals surface area contributed by atoms with Crippen molar-refractivity contribution >= 4 is 44.6 Å². The molecule has 0 aromatic rings. The van der Waals surface area contributed by atoms with Crippen molar-refractivity contribution in [1.82, 2.24) is 0 Å². The number of alkyl halides is 1. The number of halogens is 2. The van der Waals surface area contributed by atoms with Crippen LogP contribution in [0, 0.1) is 5.92 Å². The predicted octanol–water partition coefficient (Wildman–Crippen LogP) is 1.22. The van der Waals surface area contributed by atoms with Gasteiger partial charge in [0.1, 0.15) is 11.1 Å². The summed E-state index contributed by atoms with van der Waals surface area (Å²) in [5.41, 5.74) is -1.02. The Morgan fingerprint density at radius 1 is 1.75 bits per heavy atom. The van der Waals surface area contributed by atoms with Crippen LogP contribution in [0.25, 0.3) is 0 Å². The number of nitrogens with zero attached hydrogens (tertiary/aromatic N) is 1. The van der Waals surface area contributed by atoms with E-state index in [0.29, 0.717) is 0 Å². The van der Waals surface area contributed by atoms with Gasteiger partial charge in [-0.25, -0.2) is 9.79 Å². The number of hydrogen-bond acceptors (Lipinski definition) is 5. The number of esters is 2. The third kappa shape index (κ3) is 1.39. The van der Waals surface area contributed by atoms with Crippen molar-refractivity contribution < 1.29 is 19.1 Å². The average molecular weight is 311 g/mol. The van der Waals surface area contributed by atoms with E-state index in [1.54, 1.807) is 6.92 Å². The van der Waals surface area contributed by atoms with Gasteiger partial charge in [-0.2, -0.15) is 0 Å². The normalized spacial score (nSPS) is 41.4. The largest absolute Gasteiger partial charge is 0.469 e. The van der Waals surface area contributed by atoms with Crippen LogP contribution in [0.1, 0.15) is 13.3 Å². The van der Waals surface area contributed by atoms with Crippen LogP contribution in [0.3, 0.4) is 0 Å². The van der Waals surface area contributed by atoms with Crippen LogP contribution in [-0.4, -0.2) is 34.3 Å². The zero-order valence-corrected chi connectivity index (χ0v) is 11.0. The molecule has 3 heterocycles. The van der Waals surface area contributed by atoms with Gasteiger partial charge in [-0.15, -0.1) is 0 Å². The Hall–Kier alpha value is -0.620. The average Bonchev–Trinajstić information content (AvgIpc) is 2.21. The highest BCUT2D eigenvalue weighted by Gasteiger charge is 2.63. The summed E-state index contributed by atoms with van der Waals surface area (Å²) in [4.78, 5) is 27.3. The molecule has 7 heteroatoms. The molecule has 3 aliphatic rings. The lowest BCUT2D eigenvalue weighted by Crippen LogP contribution is -2.62. The van der Waals surface area contributed by atoms with Crippen LogP contribution in [0.5, 0.6) is 0 Å². The molecule has 0 N–H and O–H groups in total. The van der Waals surface area contributed by atoms with Crippen molar-refractivity contribution in [2.45, 2.75) is 23.4 Å². The van der Waals surface area contributed by atoms with Crippen molar-refractivity contribution in [3.8, 4) is 0 Å². The maximum Gasteiger partial charge on any atom is 0.347 e. The van der Waals surface area contributed by atoms with Gasteiger partial charge in [-0.3, -0.25) is 4.79 Å². The van der Waals surface area contributed by atoms with E-state index in [9.17, 15) is 9.59 Å². The zero-order chi connectivity index (χ0) is 12.1. The molecule has 1 saturated heterocycles.